The predicted octanol–water partition coefficient (Wildman–Crippen LogP) is 4.36. The smallest absolute Gasteiger partial charge is 0.328 e. The number of aliphatic hydroxyl groups is 2. The molecule has 41 heavy (non-hydrogen) atoms. The maximum absolute atomic E-state index is 12.9. The molecule has 4 N–H and O–H groups in total. The van der Waals surface area contributed by atoms with E-state index in [9.17, 15) is 19.8 Å². The fourth-order valence-corrected chi connectivity index (χ4v) is 5.35. The molecule has 0 aromatic heterocycles. The van der Waals surface area contributed by atoms with Gasteiger partial charge >= 0.3 is 12.0 Å². The molecule has 0 radical (unpaired) electrons. The molecule has 218 valence electrons. The second kappa shape index (κ2) is 15.6. The van der Waals surface area contributed by atoms with Crippen LogP contribution in [-0.4, -0.2) is 59.6 Å². The Morgan fingerprint density at radius 1 is 0.976 bits per heavy atom. The van der Waals surface area contributed by atoms with Gasteiger partial charge in [0.15, 0.2) is 6.29 Å². The molecule has 1 aliphatic rings. The second-order valence-electron chi connectivity index (χ2n) is 9.64. The summed E-state index contributed by atoms with van der Waals surface area (Å²) in [4.78, 5) is 25.2. The third-order valence-corrected chi connectivity index (χ3v) is 7.72. The average molecular weight is 581 g/mol. The van der Waals surface area contributed by atoms with E-state index in [0.29, 0.717) is 30.0 Å². The Kier molecular flexibility index (Phi) is 11.6. The predicted molar refractivity (Wildman–Crippen MR) is 157 cm³/mol. The first kappa shape index (κ1) is 30.5. The number of benzene rings is 3. The van der Waals surface area contributed by atoms with Crippen LogP contribution in [0, 0.1) is 0 Å². The van der Waals surface area contributed by atoms with Crippen molar-refractivity contribution in [2.24, 2.45) is 0 Å². The molecule has 2 amide bonds. The van der Waals surface area contributed by atoms with E-state index in [-0.39, 0.29) is 25.4 Å². The van der Waals surface area contributed by atoms with E-state index in [1.54, 1.807) is 30.0 Å². The minimum atomic E-state index is -0.856. The molecule has 3 aromatic rings. The summed E-state index contributed by atoms with van der Waals surface area (Å²) < 4.78 is 17.6. The van der Waals surface area contributed by atoms with E-state index in [4.69, 9.17) is 14.2 Å². The number of aliphatic hydroxyl groups excluding tert-OH is 2. The first-order valence-electron chi connectivity index (χ1n) is 13.5. The van der Waals surface area contributed by atoms with Crippen molar-refractivity contribution >= 4 is 29.4 Å². The van der Waals surface area contributed by atoms with E-state index in [1.165, 1.54) is 7.11 Å². The van der Waals surface area contributed by atoms with Crippen LogP contribution in [0.4, 0.5) is 10.5 Å². The Morgan fingerprint density at radius 3 is 2.46 bits per heavy atom. The summed E-state index contributed by atoms with van der Waals surface area (Å²) >= 11 is 1.62. The highest BCUT2D eigenvalue weighted by atomic mass is 32.2. The van der Waals surface area contributed by atoms with E-state index in [0.717, 1.165) is 22.3 Å². The minimum absolute atomic E-state index is 0.0298. The largest absolute Gasteiger partial charge is 0.467 e. The molecule has 1 saturated heterocycles. The van der Waals surface area contributed by atoms with Crippen LogP contribution < -0.4 is 10.6 Å². The second-order valence-corrected chi connectivity index (χ2v) is 10.8. The number of ether oxygens (including phenoxy) is 3. The highest BCUT2D eigenvalue weighted by Crippen LogP contribution is 2.39. The summed E-state index contributed by atoms with van der Waals surface area (Å²) in [6.45, 7) is 0.0687. The van der Waals surface area contributed by atoms with Crippen LogP contribution in [0.3, 0.4) is 0 Å². The molecule has 0 aliphatic carbocycles. The number of hydrogen-bond donors (Lipinski definition) is 4. The first-order chi connectivity index (χ1) is 20.0. The number of amides is 2. The molecular weight excluding hydrogens is 544 g/mol. The lowest BCUT2D eigenvalue weighted by Gasteiger charge is -2.36. The zero-order valence-electron chi connectivity index (χ0n) is 22.9. The van der Waals surface area contributed by atoms with Crippen molar-refractivity contribution in [2.75, 3.05) is 30.5 Å². The van der Waals surface area contributed by atoms with Gasteiger partial charge in [0.2, 0.25) is 0 Å². The van der Waals surface area contributed by atoms with Crippen LogP contribution in [-0.2, 0) is 32.0 Å². The van der Waals surface area contributed by atoms with Gasteiger partial charge in [-0.05, 0) is 28.8 Å². The maximum atomic E-state index is 12.9. The number of esters is 1. The normalized spacial score (nSPS) is 19.2. The lowest BCUT2D eigenvalue weighted by molar-refractivity contribution is -0.245. The van der Waals surface area contributed by atoms with Crippen molar-refractivity contribution in [1.82, 2.24) is 5.32 Å². The number of rotatable bonds is 12. The van der Waals surface area contributed by atoms with Crippen LogP contribution in [0.5, 0.6) is 0 Å². The van der Waals surface area contributed by atoms with E-state index < -0.39 is 24.3 Å². The summed E-state index contributed by atoms with van der Waals surface area (Å²) in [5.74, 6) is 0.777. The summed E-state index contributed by atoms with van der Waals surface area (Å²) in [6.07, 6.45) is -0.103. The van der Waals surface area contributed by atoms with Crippen molar-refractivity contribution < 1.29 is 34.0 Å². The van der Waals surface area contributed by atoms with Gasteiger partial charge in [0.25, 0.3) is 0 Å². The SMILES string of the molecule is COC(=O)[C@H](Cc1ccccc1)NC(=O)Nc1cccc([C@H]2O[C@@H](CSCCO)C[C@@H](c3ccc(CO)cc3)O2)c1. The molecule has 9 nitrogen and oxygen atoms in total. The van der Waals surface area contributed by atoms with Gasteiger partial charge in [-0.1, -0.05) is 66.7 Å². The Morgan fingerprint density at radius 2 is 1.76 bits per heavy atom. The minimum Gasteiger partial charge on any atom is -0.467 e. The first-order valence-corrected chi connectivity index (χ1v) is 14.6. The van der Waals surface area contributed by atoms with Crippen molar-refractivity contribution in [3.8, 4) is 0 Å². The number of carbonyl (C=O) groups is 2. The van der Waals surface area contributed by atoms with Crippen LogP contribution in [0.25, 0.3) is 0 Å². The van der Waals surface area contributed by atoms with Crippen molar-refractivity contribution in [1.29, 1.82) is 0 Å². The zero-order valence-corrected chi connectivity index (χ0v) is 23.7. The number of anilines is 1. The highest BCUT2D eigenvalue weighted by molar-refractivity contribution is 7.99. The Hall–Kier alpha value is -3.41. The van der Waals surface area contributed by atoms with Gasteiger partial charge in [-0.15, -0.1) is 0 Å². The monoisotopic (exact) mass is 580 g/mol. The average Bonchev–Trinajstić information content (AvgIpc) is 3.01. The van der Waals surface area contributed by atoms with Gasteiger partial charge in [-0.25, -0.2) is 9.59 Å². The van der Waals surface area contributed by atoms with E-state index >= 15 is 0 Å². The van der Waals surface area contributed by atoms with Gasteiger partial charge in [-0.2, -0.15) is 11.8 Å². The van der Waals surface area contributed by atoms with Gasteiger partial charge in [0.1, 0.15) is 6.04 Å². The van der Waals surface area contributed by atoms with Crippen LogP contribution in [0.15, 0.2) is 78.9 Å². The molecule has 3 aromatic carbocycles. The summed E-state index contributed by atoms with van der Waals surface area (Å²) in [5.41, 5.74) is 3.93. The number of nitrogens with one attached hydrogen (secondary N) is 2. The molecule has 1 heterocycles. The van der Waals surface area contributed by atoms with Gasteiger partial charge in [0.05, 0.1) is 32.5 Å². The Balaban J connectivity index is 1.46. The highest BCUT2D eigenvalue weighted by Gasteiger charge is 2.32. The van der Waals surface area contributed by atoms with Gasteiger partial charge in [0, 0.05) is 35.6 Å². The van der Waals surface area contributed by atoms with Gasteiger partial charge < -0.3 is 35.1 Å². The molecule has 4 atom stereocenters. The Labute approximate surface area is 244 Å². The fraction of sp³-hybridized carbons (Fsp3) is 0.355. The molecule has 4 rings (SSSR count). The molecule has 0 saturated carbocycles. The number of hydrogen-bond acceptors (Lipinski definition) is 8. The number of urea groups is 1. The lowest BCUT2D eigenvalue weighted by atomic mass is 10.0. The van der Waals surface area contributed by atoms with Crippen molar-refractivity contribution in [2.45, 2.75) is 44.0 Å². The van der Waals surface area contributed by atoms with Crippen molar-refractivity contribution in [3.63, 3.8) is 0 Å². The fourth-order valence-electron chi connectivity index (χ4n) is 4.58. The number of methoxy groups -OCH3 is 1. The third-order valence-electron chi connectivity index (χ3n) is 6.64. The summed E-state index contributed by atoms with van der Waals surface area (Å²) in [5, 5.41) is 24.1. The molecular formula is C31H36N2O7S. The Bertz CT molecular complexity index is 1260. The molecule has 1 fully saturated rings. The maximum Gasteiger partial charge on any atom is 0.328 e. The molecule has 10 heteroatoms. The van der Waals surface area contributed by atoms with Crippen molar-refractivity contribution in [3.05, 3.63) is 101 Å². The number of thioether (sulfide) groups is 1. The zero-order chi connectivity index (χ0) is 29.0. The standard InChI is InChI=1S/C31H36N2O7S/c1-38-29(36)27(16-21-6-3-2-4-7-21)33-31(37)32-25-9-5-8-24(17-25)30-39-26(20-41-15-14-34)18-28(40-30)23-12-10-22(19-35)11-13-23/h2-13,17,26-28,30,34-35H,14-16,18-20H2,1H3,(H2,32,33,37)/t26-,27+,28+,30+/m1/s1. The van der Waals surface area contributed by atoms with Crippen LogP contribution in [0.2, 0.25) is 0 Å². The van der Waals surface area contributed by atoms with Crippen LogP contribution >= 0.6 is 11.8 Å². The quantitative estimate of drug-likeness (QED) is 0.184. The third kappa shape index (κ3) is 9.04. The van der Waals surface area contributed by atoms with E-state index in [1.807, 2.05) is 60.7 Å². The molecule has 0 spiro atoms. The van der Waals surface area contributed by atoms with Gasteiger partial charge in [-0.3, -0.25) is 0 Å². The number of carbonyl (C=O) groups excluding carboxylic acids is 2. The summed E-state index contributed by atoms with van der Waals surface area (Å²) in [6, 6.07) is 22.8. The van der Waals surface area contributed by atoms with E-state index in [2.05, 4.69) is 10.6 Å². The van der Waals surface area contributed by atoms with Crippen LogP contribution in [0.1, 0.15) is 41.1 Å². The molecule has 0 unspecified atom stereocenters. The lowest BCUT2D eigenvalue weighted by Crippen LogP contribution is -2.45. The molecule has 0 bridgehead atoms. The summed E-state index contributed by atoms with van der Waals surface area (Å²) in [7, 11) is 1.29. The topological polar surface area (TPSA) is 126 Å². The molecule has 1 aliphatic heterocycles.